The van der Waals surface area contributed by atoms with Gasteiger partial charge in [-0.25, -0.2) is 0 Å². The quantitative estimate of drug-likeness (QED) is 0.843. The Bertz CT molecular complexity index is 687. The standard InChI is InChI=1S/C15H16N4OS/c1-17-15(20)13-9-12(6-7-18-13)19(2)11-5-3-4-10(8-11)14(16)21/h3-9H,1-2H3,(H2,16,21)(H,17,20). The van der Waals surface area contributed by atoms with E-state index in [1.165, 1.54) is 0 Å². The Morgan fingerprint density at radius 2 is 2.00 bits per heavy atom. The van der Waals surface area contributed by atoms with Crippen molar-refractivity contribution in [3.63, 3.8) is 0 Å². The van der Waals surface area contributed by atoms with Crippen LogP contribution < -0.4 is 16.0 Å². The Labute approximate surface area is 128 Å². The van der Waals surface area contributed by atoms with Gasteiger partial charge in [0.05, 0.1) is 0 Å². The maximum Gasteiger partial charge on any atom is 0.269 e. The molecule has 2 rings (SSSR count). The first kappa shape index (κ1) is 14.9. The molecule has 1 aromatic carbocycles. The number of pyridine rings is 1. The molecule has 1 amide bonds. The van der Waals surface area contributed by atoms with Crippen LogP contribution in [-0.4, -0.2) is 30.0 Å². The zero-order chi connectivity index (χ0) is 15.4. The van der Waals surface area contributed by atoms with Crippen molar-refractivity contribution < 1.29 is 4.79 Å². The molecule has 2 aromatic rings. The van der Waals surface area contributed by atoms with E-state index in [-0.39, 0.29) is 5.91 Å². The predicted molar refractivity (Wildman–Crippen MR) is 88.0 cm³/mol. The SMILES string of the molecule is CNC(=O)c1cc(N(C)c2cccc(C(N)=S)c2)ccn1. The van der Waals surface area contributed by atoms with Gasteiger partial charge in [-0.3, -0.25) is 9.78 Å². The minimum absolute atomic E-state index is 0.220. The Morgan fingerprint density at radius 3 is 2.67 bits per heavy atom. The molecule has 0 bridgehead atoms. The first-order chi connectivity index (χ1) is 10.0. The minimum atomic E-state index is -0.220. The molecule has 0 spiro atoms. The van der Waals surface area contributed by atoms with E-state index in [1.54, 1.807) is 19.3 Å². The third-order valence-electron chi connectivity index (χ3n) is 3.11. The van der Waals surface area contributed by atoms with Gasteiger partial charge in [0, 0.05) is 37.2 Å². The fourth-order valence-electron chi connectivity index (χ4n) is 1.90. The van der Waals surface area contributed by atoms with E-state index in [4.69, 9.17) is 18.0 Å². The molecule has 1 heterocycles. The van der Waals surface area contributed by atoms with Crippen molar-refractivity contribution >= 4 is 34.5 Å². The molecule has 1 aromatic heterocycles. The van der Waals surface area contributed by atoms with E-state index in [0.29, 0.717) is 10.7 Å². The second kappa shape index (κ2) is 6.32. The molecule has 0 aliphatic heterocycles. The van der Waals surface area contributed by atoms with E-state index in [1.807, 2.05) is 42.3 Å². The fourth-order valence-corrected chi connectivity index (χ4v) is 2.02. The Hall–Kier alpha value is -2.47. The lowest BCUT2D eigenvalue weighted by Gasteiger charge is -2.20. The van der Waals surface area contributed by atoms with Crippen LogP contribution in [0.2, 0.25) is 0 Å². The van der Waals surface area contributed by atoms with Gasteiger partial charge in [0.2, 0.25) is 0 Å². The molecule has 108 valence electrons. The second-order valence-electron chi connectivity index (χ2n) is 4.45. The molecule has 5 nitrogen and oxygen atoms in total. The number of rotatable bonds is 4. The van der Waals surface area contributed by atoms with Crippen molar-refractivity contribution in [1.29, 1.82) is 0 Å². The van der Waals surface area contributed by atoms with Gasteiger partial charge in [-0.2, -0.15) is 0 Å². The minimum Gasteiger partial charge on any atom is -0.389 e. The van der Waals surface area contributed by atoms with Crippen LogP contribution in [0.15, 0.2) is 42.6 Å². The molecule has 21 heavy (non-hydrogen) atoms. The number of carbonyl (C=O) groups is 1. The highest BCUT2D eigenvalue weighted by Crippen LogP contribution is 2.24. The van der Waals surface area contributed by atoms with Crippen LogP contribution in [0.1, 0.15) is 16.1 Å². The van der Waals surface area contributed by atoms with Crippen LogP contribution >= 0.6 is 12.2 Å². The molecular formula is C15H16N4OS. The van der Waals surface area contributed by atoms with E-state index in [2.05, 4.69) is 10.3 Å². The third-order valence-corrected chi connectivity index (χ3v) is 3.34. The molecule has 0 saturated heterocycles. The number of amides is 1. The number of benzene rings is 1. The lowest BCUT2D eigenvalue weighted by Crippen LogP contribution is -2.20. The van der Waals surface area contributed by atoms with Gasteiger partial charge in [0.25, 0.3) is 5.91 Å². The average molecular weight is 300 g/mol. The number of aromatic nitrogens is 1. The normalized spacial score (nSPS) is 10.0. The Morgan fingerprint density at radius 1 is 1.29 bits per heavy atom. The number of hydrogen-bond donors (Lipinski definition) is 2. The number of thiocarbonyl (C=S) groups is 1. The smallest absolute Gasteiger partial charge is 0.269 e. The fraction of sp³-hybridized carbons (Fsp3) is 0.133. The van der Waals surface area contributed by atoms with Crippen molar-refractivity contribution in [1.82, 2.24) is 10.3 Å². The summed E-state index contributed by atoms with van der Waals surface area (Å²) in [6.45, 7) is 0. The predicted octanol–water partition coefficient (Wildman–Crippen LogP) is 1.84. The van der Waals surface area contributed by atoms with Crippen molar-refractivity contribution in [2.45, 2.75) is 0 Å². The Kier molecular flexibility index (Phi) is 4.49. The van der Waals surface area contributed by atoms with E-state index in [9.17, 15) is 4.79 Å². The van der Waals surface area contributed by atoms with Crippen LogP contribution in [-0.2, 0) is 0 Å². The molecule has 0 aliphatic carbocycles. The summed E-state index contributed by atoms with van der Waals surface area (Å²) in [5.41, 5.74) is 8.60. The molecule has 0 fully saturated rings. The summed E-state index contributed by atoms with van der Waals surface area (Å²) in [7, 11) is 3.48. The second-order valence-corrected chi connectivity index (χ2v) is 4.89. The lowest BCUT2D eigenvalue weighted by molar-refractivity contribution is 0.0958. The lowest BCUT2D eigenvalue weighted by atomic mass is 10.1. The molecule has 0 radical (unpaired) electrons. The van der Waals surface area contributed by atoms with Crippen molar-refractivity contribution in [3.8, 4) is 0 Å². The number of hydrogen-bond acceptors (Lipinski definition) is 4. The van der Waals surface area contributed by atoms with Crippen molar-refractivity contribution in [2.75, 3.05) is 19.0 Å². The summed E-state index contributed by atoms with van der Waals surface area (Å²) in [5.74, 6) is -0.220. The molecule has 6 heteroatoms. The van der Waals surface area contributed by atoms with Crippen LogP contribution in [0.3, 0.4) is 0 Å². The van der Waals surface area contributed by atoms with Crippen LogP contribution in [0.4, 0.5) is 11.4 Å². The van der Waals surface area contributed by atoms with E-state index < -0.39 is 0 Å². The number of nitrogens with two attached hydrogens (primary N) is 1. The topological polar surface area (TPSA) is 71.2 Å². The first-order valence-corrected chi connectivity index (χ1v) is 6.75. The van der Waals surface area contributed by atoms with Crippen molar-refractivity contribution in [2.24, 2.45) is 5.73 Å². The van der Waals surface area contributed by atoms with Crippen molar-refractivity contribution in [3.05, 3.63) is 53.9 Å². The zero-order valence-electron chi connectivity index (χ0n) is 11.8. The zero-order valence-corrected chi connectivity index (χ0v) is 12.6. The first-order valence-electron chi connectivity index (χ1n) is 6.34. The highest BCUT2D eigenvalue weighted by molar-refractivity contribution is 7.80. The third kappa shape index (κ3) is 3.35. The van der Waals surface area contributed by atoms with Gasteiger partial charge >= 0.3 is 0 Å². The van der Waals surface area contributed by atoms with E-state index in [0.717, 1.165) is 16.9 Å². The van der Waals surface area contributed by atoms with Gasteiger partial charge in [0.1, 0.15) is 10.7 Å². The van der Waals surface area contributed by atoms with Gasteiger partial charge in [-0.05, 0) is 24.3 Å². The van der Waals surface area contributed by atoms with Crippen LogP contribution in [0.5, 0.6) is 0 Å². The molecule has 0 saturated carbocycles. The molecule has 0 atom stereocenters. The number of nitrogens with zero attached hydrogens (tertiary/aromatic N) is 2. The molecule has 3 N–H and O–H groups in total. The van der Waals surface area contributed by atoms with E-state index >= 15 is 0 Å². The highest BCUT2D eigenvalue weighted by atomic mass is 32.1. The van der Waals surface area contributed by atoms with Gasteiger partial charge in [-0.15, -0.1) is 0 Å². The summed E-state index contributed by atoms with van der Waals surface area (Å²) < 4.78 is 0. The molecule has 0 unspecified atom stereocenters. The summed E-state index contributed by atoms with van der Waals surface area (Å²) in [5, 5.41) is 2.56. The number of carbonyl (C=O) groups excluding carboxylic acids is 1. The van der Waals surface area contributed by atoms with Gasteiger partial charge < -0.3 is 16.0 Å². The molecular weight excluding hydrogens is 284 g/mol. The van der Waals surface area contributed by atoms with Gasteiger partial charge in [0.15, 0.2) is 0 Å². The summed E-state index contributed by atoms with van der Waals surface area (Å²) in [6.07, 6.45) is 1.60. The van der Waals surface area contributed by atoms with Gasteiger partial charge in [-0.1, -0.05) is 24.4 Å². The van der Waals surface area contributed by atoms with Crippen LogP contribution in [0, 0.1) is 0 Å². The molecule has 0 aliphatic rings. The summed E-state index contributed by atoms with van der Waals surface area (Å²) in [4.78, 5) is 18.0. The maximum atomic E-state index is 11.6. The summed E-state index contributed by atoms with van der Waals surface area (Å²) >= 11 is 4.99. The maximum absolute atomic E-state index is 11.6. The average Bonchev–Trinajstić information content (AvgIpc) is 2.53. The number of nitrogens with one attached hydrogen (secondary N) is 1. The van der Waals surface area contributed by atoms with Crippen LogP contribution in [0.25, 0.3) is 0 Å². The number of anilines is 2. The Balaban J connectivity index is 2.35. The largest absolute Gasteiger partial charge is 0.389 e. The summed E-state index contributed by atoms with van der Waals surface area (Å²) in [6, 6.07) is 11.2. The highest BCUT2D eigenvalue weighted by Gasteiger charge is 2.10. The monoisotopic (exact) mass is 300 g/mol.